The van der Waals surface area contributed by atoms with Crippen LogP contribution in [0.3, 0.4) is 0 Å². The van der Waals surface area contributed by atoms with Gasteiger partial charge in [-0.05, 0) is 37.7 Å². The zero-order chi connectivity index (χ0) is 17.4. The molecule has 3 heterocycles. The second-order valence-corrected chi connectivity index (χ2v) is 9.23. The Hall–Kier alpha value is -1.18. The molecule has 1 aliphatic carbocycles. The lowest BCUT2D eigenvalue weighted by Crippen LogP contribution is -2.23. The van der Waals surface area contributed by atoms with Crippen molar-refractivity contribution in [2.75, 3.05) is 0 Å². The van der Waals surface area contributed by atoms with Gasteiger partial charge in [0.1, 0.15) is 4.83 Å². The summed E-state index contributed by atoms with van der Waals surface area (Å²) in [6, 6.07) is 0. The molecule has 0 spiro atoms. The van der Waals surface area contributed by atoms with Gasteiger partial charge in [-0.15, -0.1) is 22.7 Å². The summed E-state index contributed by atoms with van der Waals surface area (Å²) in [7, 11) is 0. The van der Waals surface area contributed by atoms with E-state index in [-0.39, 0.29) is 5.56 Å². The predicted molar refractivity (Wildman–Crippen MR) is 107 cm³/mol. The van der Waals surface area contributed by atoms with E-state index in [1.807, 2.05) is 4.57 Å². The van der Waals surface area contributed by atoms with E-state index in [4.69, 9.17) is 4.98 Å². The highest BCUT2D eigenvalue weighted by atomic mass is 32.2. The molecule has 4 nitrogen and oxygen atoms in total. The molecule has 1 aliphatic rings. The van der Waals surface area contributed by atoms with E-state index in [1.165, 1.54) is 21.9 Å². The maximum atomic E-state index is 13.1. The van der Waals surface area contributed by atoms with Crippen molar-refractivity contribution >= 4 is 44.7 Å². The van der Waals surface area contributed by atoms with Crippen molar-refractivity contribution in [1.82, 2.24) is 14.5 Å². The molecular formula is C18H21N3OS3. The van der Waals surface area contributed by atoms with E-state index in [0.29, 0.717) is 0 Å². The second-order valence-electron chi connectivity index (χ2n) is 6.26. The second kappa shape index (κ2) is 7.21. The van der Waals surface area contributed by atoms with Crippen molar-refractivity contribution in [3.05, 3.63) is 36.9 Å². The third-order valence-electron chi connectivity index (χ3n) is 4.49. The molecule has 0 fully saturated rings. The van der Waals surface area contributed by atoms with Crippen LogP contribution in [0.4, 0.5) is 0 Å². The van der Waals surface area contributed by atoms with Crippen molar-refractivity contribution in [3.8, 4) is 0 Å². The SMILES string of the molecule is CCCn1c(SCc2csc(CC)n2)nc2sc3c(c2c1=O)CCC3. The van der Waals surface area contributed by atoms with Crippen LogP contribution in [-0.2, 0) is 31.6 Å². The minimum atomic E-state index is 0.154. The highest BCUT2D eigenvalue weighted by Crippen LogP contribution is 2.36. The van der Waals surface area contributed by atoms with Crippen LogP contribution < -0.4 is 5.56 Å². The number of fused-ring (bicyclic) bond motifs is 3. The fraction of sp³-hybridized carbons (Fsp3) is 0.500. The normalized spacial score (nSPS) is 13.7. The fourth-order valence-corrected chi connectivity index (χ4v) is 6.38. The Kier molecular flexibility index (Phi) is 4.97. The number of thiazole rings is 1. The van der Waals surface area contributed by atoms with Gasteiger partial charge in [-0.1, -0.05) is 25.6 Å². The molecule has 0 atom stereocenters. The minimum Gasteiger partial charge on any atom is -0.287 e. The first-order valence-electron chi connectivity index (χ1n) is 8.82. The van der Waals surface area contributed by atoms with E-state index >= 15 is 0 Å². The third kappa shape index (κ3) is 3.17. The number of thioether (sulfide) groups is 1. The van der Waals surface area contributed by atoms with Gasteiger partial charge in [0.15, 0.2) is 5.16 Å². The molecular weight excluding hydrogens is 370 g/mol. The lowest BCUT2D eigenvalue weighted by atomic mass is 10.2. The Morgan fingerprint density at radius 1 is 1.28 bits per heavy atom. The number of nitrogens with zero attached hydrogens (tertiary/aromatic N) is 3. The molecule has 0 aromatic carbocycles. The standard InChI is InChI=1S/C18H21N3OS3/c1-3-8-21-17(22)15-12-6-5-7-13(12)25-16(15)20-18(21)24-10-11-9-23-14(4-2)19-11/h9H,3-8,10H2,1-2H3. The van der Waals surface area contributed by atoms with Gasteiger partial charge < -0.3 is 0 Å². The summed E-state index contributed by atoms with van der Waals surface area (Å²) in [5.41, 5.74) is 2.50. The van der Waals surface area contributed by atoms with Gasteiger partial charge in [0.25, 0.3) is 5.56 Å². The molecule has 0 saturated carbocycles. The zero-order valence-electron chi connectivity index (χ0n) is 14.5. The van der Waals surface area contributed by atoms with Crippen molar-refractivity contribution in [1.29, 1.82) is 0 Å². The molecule has 0 radical (unpaired) electrons. The summed E-state index contributed by atoms with van der Waals surface area (Å²) in [5, 5.41) is 5.01. The molecule has 0 unspecified atom stereocenters. The van der Waals surface area contributed by atoms with Gasteiger partial charge in [-0.3, -0.25) is 9.36 Å². The number of aryl methyl sites for hydroxylation is 3. The van der Waals surface area contributed by atoms with Crippen molar-refractivity contribution in [2.45, 2.75) is 63.4 Å². The minimum absolute atomic E-state index is 0.154. The first kappa shape index (κ1) is 17.2. The summed E-state index contributed by atoms with van der Waals surface area (Å²) in [4.78, 5) is 24.9. The molecule has 132 valence electrons. The summed E-state index contributed by atoms with van der Waals surface area (Å²) >= 11 is 5.07. The molecule has 3 aromatic rings. The molecule has 7 heteroatoms. The van der Waals surface area contributed by atoms with Crippen LogP contribution in [0.1, 0.15) is 47.8 Å². The smallest absolute Gasteiger partial charge is 0.263 e. The number of aromatic nitrogens is 3. The molecule has 0 saturated heterocycles. The summed E-state index contributed by atoms with van der Waals surface area (Å²) in [6.45, 7) is 4.96. The van der Waals surface area contributed by atoms with Gasteiger partial charge in [0.2, 0.25) is 0 Å². The Balaban J connectivity index is 1.71. The zero-order valence-corrected chi connectivity index (χ0v) is 17.0. The van der Waals surface area contributed by atoms with Crippen molar-refractivity contribution < 1.29 is 0 Å². The molecule has 3 aromatic heterocycles. The summed E-state index contributed by atoms with van der Waals surface area (Å²) in [5.74, 6) is 0.767. The monoisotopic (exact) mass is 391 g/mol. The largest absolute Gasteiger partial charge is 0.287 e. The van der Waals surface area contributed by atoms with Crippen LogP contribution in [0.25, 0.3) is 10.2 Å². The molecule has 0 aliphatic heterocycles. The third-order valence-corrected chi connectivity index (χ3v) is 7.73. The van der Waals surface area contributed by atoms with Gasteiger partial charge in [0, 0.05) is 22.6 Å². The Labute approximate surface area is 159 Å². The van der Waals surface area contributed by atoms with Gasteiger partial charge in [0.05, 0.1) is 16.1 Å². The van der Waals surface area contributed by atoms with Crippen LogP contribution in [0.5, 0.6) is 0 Å². The topological polar surface area (TPSA) is 47.8 Å². The number of thiophene rings is 1. The molecule has 0 N–H and O–H groups in total. The lowest BCUT2D eigenvalue weighted by Gasteiger charge is -2.11. The van der Waals surface area contributed by atoms with Crippen LogP contribution >= 0.6 is 34.4 Å². The average Bonchev–Trinajstić information content (AvgIpc) is 3.30. The number of rotatable bonds is 6. The molecule has 0 amide bonds. The first-order chi connectivity index (χ1) is 12.2. The van der Waals surface area contributed by atoms with Crippen LogP contribution in [0, 0.1) is 0 Å². The molecule has 0 bridgehead atoms. The Morgan fingerprint density at radius 2 is 2.16 bits per heavy atom. The van der Waals surface area contributed by atoms with Crippen LogP contribution in [0.15, 0.2) is 15.3 Å². The maximum Gasteiger partial charge on any atom is 0.263 e. The van der Waals surface area contributed by atoms with E-state index in [1.54, 1.807) is 34.4 Å². The lowest BCUT2D eigenvalue weighted by molar-refractivity contribution is 0.585. The van der Waals surface area contributed by atoms with E-state index in [0.717, 1.165) is 59.0 Å². The van der Waals surface area contributed by atoms with Gasteiger partial charge in [-0.2, -0.15) is 0 Å². The first-order valence-corrected chi connectivity index (χ1v) is 11.5. The van der Waals surface area contributed by atoms with E-state index in [2.05, 4.69) is 24.2 Å². The highest BCUT2D eigenvalue weighted by Gasteiger charge is 2.23. The fourth-order valence-electron chi connectivity index (χ4n) is 3.31. The predicted octanol–water partition coefficient (Wildman–Crippen LogP) is 4.67. The highest BCUT2D eigenvalue weighted by molar-refractivity contribution is 7.98. The quantitative estimate of drug-likeness (QED) is 0.453. The van der Waals surface area contributed by atoms with Gasteiger partial charge >= 0.3 is 0 Å². The average molecular weight is 392 g/mol. The number of hydrogen-bond acceptors (Lipinski definition) is 6. The van der Waals surface area contributed by atoms with Gasteiger partial charge in [-0.25, -0.2) is 9.97 Å². The van der Waals surface area contributed by atoms with Crippen molar-refractivity contribution in [2.24, 2.45) is 0 Å². The molecule has 25 heavy (non-hydrogen) atoms. The van der Waals surface area contributed by atoms with E-state index in [9.17, 15) is 4.79 Å². The molecule has 4 rings (SSSR count). The summed E-state index contributed by atoms with van der Waals surface area (Å²) < 4.78 is 1.88. The van der Waals surface area contributed by atoms with E-state index < -0.39 is 0 Å². The Bertz CT molecular complexity index is 970. The number of hydrogen-bond donors (Lipinski definition) is 0. The van der Waals surface area contributed by atoms with Crippen LogP contribution in [0.2, 0.25) is 0 Å². The Morgan fingerprint density at radius 3 is 2.92 bits per heavy atom. The maximum absolute atomic E-state index is 13.1. The summed E-state index contributed by atoms with van der Waals surface area (Å²) in [6.07, 6.45) is 5.21. The van der Waals surface area contributed by atoms with Crippen molar-refractivity contribution in [3.63, 3.8) is 0 Å². The van der Waals surface area contributed by atoms with Crippen LogP contribution in [-0.4, -0.2) is 14.5 Å².